The highest BCUT2D eigenvalue weighted by atomic mass is 32.2. The number of methoxy groups -OCH3 is 1. The van der Waals surface area contributed by atoms with E-state index in [0.29, 0.717) is 11.4 Å². The molecule has 0 heterocycles. The lowest BCUT2D eigenvalue weighted by atomic mass is 10.3. The quantitative estimate of drug-likeness (QED) is 0.741. The van der Waals surface area contributed by atoms with E-state index in [1.165, 1.54) is 11.8 Å². The first-order valence-corrected chi connectivity index (χ1v) is 9.11. The van der Waals surface area contributed by atoms with Gasteiger partial charge >= 0.3 is 0 Å². The maximum absolute atomic E-state index is 12.2. The van der Waals surface area contributed by atoms with Gasteiger partial charge in [0.05, 0.1) is 18.6 Å². The summed E-state index contributed by atoms with van der Waals surface area (Å²) in [6.45, 7) is 0. The molecule has 2 amide bonds. The number of thioether (sulfide) groups is 1. The Hall–Kier alpha value is -2.47. The second-order valence-electron chi connectivity index (χ2n) is 5.83. The molecule has 0 aliphatic heterocycles. The number of hydrogen-bond donors (Lipinski definition) is 2. The molecule has 3 rings (SSSR count). The van der Waals surface area contributed by atoms with Gasteiger partial charge < -0.3 is 15.4 Å². The van der Waals surface area contributed by atoms with Crippen molar-refractivity contribution in [1.82, 2.24) is 0 Å². The molecule has 0 radical (unpaired) electrons. The van der Waals surface area contributed by atoms with Crippen molar-refractivity contribution in [3.8, 4) is 5.75 Å². The molecule has 1 aliphatic rings. The molecule has 0 aromatic heterocycles. The maximum atomic E-state index is 12.2. The van der Waals surface area contributed by atoms with Crippen molar-refractivity contribution in [3.05, 3.63) is 48.5 Å². The zero-order chi connectivity index (χ0) is 17.6. The van der Waals surface area contributed by atoms with Crippen LogP contribution in [-0.2, 0) is 9.59 Å². The van der Waals surface area contributed by atoms with Crippen molar-refractivity contribution in [2.45, 2.75) is 17.7 Å². The van der Waals surface area contributed by atoms with Crippen LogP contribution in [0.5, 0.6) is 5.75 Å². The number of amides is 2. The number of nitrogens with one attached hydrogen (secondary N) is 2. The molecule has 0 spiro atoms. The number of para-hydroxylation sites is 2. The molecule has 130 valence electrons. The van der Waals surface area contributed by atoms with E-state index < -0.39 is 0 Å². The van der Waals surface area contributed by atoms with Crippen LogP contribution in [0.25, 0.3) is 0 Å². The van der Waals surface area contributed by atoms with Crippen LogP contribution >= 0.6 is 11.8 Å². The lowest BCUT2D eigenvalue weighted by Gasteiger charge is -2.10. The van der Waals surface area contributed by atoms with E-state index in [9.17, 15) is 9.59 Å². The topological polar surface area (TPSA) is 67.4 Å². The summed E-state index contributed by atoms with van der Waals surface area (Å²) >= 11 is 1.42. The summed E-state index contributed by atoms with van der Waals surface area (Å²) in [5.41, 5.74) is 1.42. The van der Waals surface area contributed by atoms with Crippen LogP contribution in [0.3, 0.4) is 0 Å². The average Bonchev–Trinajstić information content (AvgIpc) is 3.46. The van der Waals surface area contributed by atoms with Gasteiger partial charge in [0.15, 0.2) is 0 Å². The Morgan fingerprint density at radius 1 is 1.12 bits per heavy atom. The van der Waals surface area contributed by atoms with Gasteiger partial charge in [-0.15, -0.1) is 11.8 Å². The Morgan fingerprint density at radius 3 is 2.68 bits per heavy atom. The number of anilines is 2. The highest BCUT2D eigenvalue weighted by Gasteiger charge is 2.29. The molecule has 6 heteroatoms. The molecule has 0 atom stereocenters. The molecule has 0 saturated heterocycles. The van der Waals surface area contributed by atoms with Crippen molar-refractivity contribution in [1.29, 1.82) is 0 Å². The third-order valence-electron chi connectivity index (χ3n) is 3.80. The van der Waals surface area contributed by atoms with E-state index >= 15 is 0 Å². The molecule has 0 bridgehead atoms. The van der Waals surface area contributed by atoms with Crippen molar-refractivity contribution in [3.63, 3.8) is 0 Å². The lowest BCUT2D eigenvalue weighted by molar-refractivity contribution is -0.117. The van der Waals surface area contributed by atoms with Gasteiger partial charge in [0.25, 0.3) is 0 Å². The fraction of sp³-hybridized carbons (Fsp3) is 0.263. The van der Waals surface area contributed by atoms with E-state index in [1.807, 2.05) is 36.4 Å². The van der Waals surface area contributed by atoms with Gasteiger partial charge in [-0.3, -0.25) is 9.59 Å². The van der Waals surface area contributed by atoms with Gasteiger partial charge in [0, 0.05) is 16.5 Å². The van der Waals surface area contributed by atoms with E-state index in [0.717, 1.165) is 23.4 Å². The van der Waals surface area contributed by atoms with Crippen LogP contribution in [-0.4, -0.2) is 24.7 Å². The van der Waals surface area contributed by atoms with Crippen molar-refractivity contribution < 1.29 is 14.3 Å². The largest absolute Gasteiger partial charge is 0.495 e. The second-order valence-corrected chi connectivity index (χ2v) is 6.88. The SMILES string of the molecule is COc1ccccc1NC(=O)CSc1cccc(NC(=O)C2CC2)c1. The minimum Gasteiger partial charge on any atom is -0.495 e. The molecule has 1 saturated carbocycles. The average molecular weight is 356 g/mol. The predicted molar refractivity (Wildman–Crippen MR) is 100 cm³/mol. The number of carbonyl (C=O) groups excluding carboxylic acids is 2. The molecule has 0 unspecified atom stereocenters. The molecule has 2 aromatic carbocycles. The summed E-state index contributed by atoms with van der Waals surface area (Å²) < 4.78 is 5.22. The molecule has 2 N–H and O–H groups in total. The van der Waals surface area contributed by atoms with Crippen molar-refractivity contribution in [2.75, 3.05) is 23.5 Å². The lowest BCUT2D eigenvalue weighted by Crippen LogP contribution is -2.15. The Labute approximate surface area is 151 Å². The number of hydrogen-bond acceptors (Lipinski definition) is 4. The van der Waals surface area contributed by atoms with Gasteiger partial charge in [-0.05, 0) is 43.2 Å². The van der Waals surface area contributed by atoms with Crippen LogP contribution in [0.15, 0.2) is 53.4 Å². The Balaban J connectivity index is 1.54. The minimum atomic E-state index is -0.109. The normalized spacial score (nSPS) is 13.2. The fourth-order valence-electron chi connectivity index (χ4n) is 2.34. The van der Waals surface area contributed by atoms with Crippen LogP contribution < -0.4 is 15.4 Å². The molecule has 1 fully saturated rings. The Morgan fingerprint density at radius 2 is 1.92 bits per heavy atom. The number of ether oxygens (including phenoxy) is 1. The van der Waals surface area contributed by atoms with Crippen LogP contribution in [0.4, 0.5) is 11.4 Å². The zero-order valence-electron chi connectivity index (χ0n) is 14.0. The zero-order valence-corrected chi connectivity index (χ0v) is 14.8. The summed E-state index contributed by atoms with van der Waals surface area (Å²) in [5.74, 6) is 1.05. The minimum absolute atomic E-state index is 0.0797. The van der Waals surface area contributed by atoms with Gasteiger partial charge in [-0.25, -0.2) is 0 Å². The van der Waals surface area contributed by atoms with Gasteiger partial charge in [0.1, 0.15) is 5.75 Å². The summed E-state index contributed by atoms with van der Waals surface area (Å²) in [6, 6.07) is 14.9. The van der Waals surface area contributed by atoms with Gasteiger partial charge in [-0.2, -0.15) is 0 Å². The number of rotatable bonds is 7. The summed E-state index contributed by atoms with van der Waals surface area (Å²) in [7, 11) is 1.57. The fourth-order valence-corrected chi connectivity index (χ4v) is 3.09. The monoisotopic (exact) mass is 356 g/mol. The standard InChI is InChI=1S/C19H20N2O3S/c1-24-17-8-3-2-7-16(17)21-18(22)12-25-15-6-4-5-14(11-15)20-19(23)13-9-10-13/h2-8,11,13H,9-10,12H2,1H3,(H,20,23)(H,21,22). The molecule has 5 nitrogen and oxygen atoms in total. The molecular formula is C19H20N2O3S. The van der Waals surface area contributed by atoms with Gasteiger partial charge in [-0.1, -0.05) is 18.2 Å². The molecule has 2 aromatic rings. The molecule has 1 aliphatic carbocycles. The summed E-state index contributed by atoms with van der Waals surface area (Å²) in [4.78, 5) is 24.9. The predicted octanol–water partition coefficient (Wildman–Crippen LogP) is 3.77. The van der Waals surface area contributed by atoms with Crippen molar-refractivity contribution >= 4 is 35.0 Å². The van der Waals surface area contributed by atoms with E-state index in [-0.39, 0.29) is 23.5 Å². The van der Waals surface area contributed by atoms with Crippen LogP contribution in [0.1, 0.15) is 12.8 Å². The first kappa shape index (κ1) is 17.4. The number of benzene rings is 2. The maximum Gasteiger partial charge on any atom is 0.234 e. The number of carbonyl (C=O) groups is 2. The van der Waals surface area contributed by atoms with E-state index in [4.69, 9.17) is 4.74 Å². The Kier molecular flexibility index (Phi) is 5.60. The van der Waals surface area contributed by atoms with Gasteiger partial charge in [0.2, 0.25) is 11.8 Å². The van der Waals surface area contributed by atoms with E-state index in [2.05, 4.69) is 10.6 Å². The molecule has 25 heavy (non-hydrogen) atoms. The van der Waals surface area contributed by atoms with E-state index in [1.54, 1.807) is 19.2 Å². The first-order valence-electron chi connectivity index (χ1n) is 8.12. The van der Waals surface area contributed by atoms with Crippen LogP contribution in [0, 0.1) is 5.92 Å². The third kappa shape index (κ3) is 5.00. The second kappa shape index (κ2) is 8.07. The summed E-state index contributed by atoms with van der Waals surface area (Å²) in [5, 5.41) is 5.76. The first-order chi connectivity index (χ1) is 12.2. The Bertz CT molecular complexity index is 775. The highest BCUT2D eigenvalue weighted by molar-refractivity contribution is 8.00. The van der Waals surface area contributed by atoms with Crippen LogP contribution in [0.2, 0.25) is 0 Å². The molecular weight excluding hydrogens is 336 g/mol. The smallest absolute Gasteiger partial charge is 0.234 e. The summed E-state index contributed by atoms with van der Waals surface area (Å²) in [6.07, 6.45) is 1.95. The highest BCUT2D eigenvalue weighted by Crippen LogP contribution is 2.31. The third-order valence-corrected chi connectivity index (χ3v) is 4.79. The van der Waals surface area contributed by atoms with Crippen molar-refractivity contribution in [2.24, 2.45) is 5.92 Å².